The Morgan fingerprint density at radius 3 is 2.82 bits per heavy atom. The molecule has 2 atom stereocenters. The molecule has 0 bridgehead atoms. The molecule has 1 heteroatoms. The van der Waals surface area contributed by atoms with Crippen LogP contribution in [0.1, 0.15) is 39.5 Å². The first-order valence-corrected chi connectivity index (χ1v) is 4.54. The molecule has 1 heterocycles. The Kier molecular flexibility index (Phi) is 3.13. The van der Waals surface area contributed by atoms with Gasteiger partial charge in [0.05, 0.1) is 12.2 Å². The van der Waals surface area contributed by atoms with Crippen LogP contribution in [-0.4, -0.2) is 12.2 Å². The van der Waals surface area contributed by atoms with Gasteiger partial charge in [-0.3, -0.25) is 0 Å². The molecule has 1 fully saturated rings. The molecular weight excluding hydrogens is 136 g/mol. The van der Waals surface area contributed by atoms with Crippen LogP contribution in [0.2, 0.25) is 0 Å². The maximum atomic E-state index is 5.74. The Bertz CT molecular complexity index is 140. The van der Waals surface area contributed by atoms with Crippen LogP contribution in [0.15, 0.2) is 12.2 Å². The van der Waals surface area contributed by atoms with Gasteiger partial charge >= 0.3 is 0 Å². The molecule has 1 nitrogen and oxygen atoms in total. The van der Waals surface area contributed by atoms with E-state index in [4.69, 9.17) is 4.74 Å². The van der Waals surface area contributed by atoms with E-state index in [1.165, 1.54) is 18.4 Å². The molecule has 64 valence electrons. The molecule has 0 radical (unpaired) electrons. The predicted molar refractivity (Wildman–Crippen MR) is 47.6 cm³/mol. The van der Waals surface area contributed by atoms with Crippen molar-refractivity contribution in [2.75, 3.05) is 0 Å². The van der Waals surface area contributed by atoms with Crippen LogP contribution >= 0.6 is 0 Å². The molecule has 0 aromatic heterocycles. The van der Waals surface area contributed by atoms with E-state index in [-0.39, 0.29) is 0 Å². The molecule has 0 saturated carbocycles. The predicted octanol–water partition coefficient (Wildman–Crippen LogP) is 2.91. The minimum atomic E-state index is 0.396. The summed E-state index contributed by atoms with van der Waals surface area (Å²) in [4.78, 5) is 0. The van der Waals surface area contributed by atoms with Crippen LogP contribution in [-0.2, 0) is 4.74 Å². The monoisotopic (exact) mass is 154 g/mol. The van der Waals surface area contributed by atoms with Gasteiger partial charge < -0.3 is 4.74 Å². The summed E-state index contributed by atoms with van der Waals surface area (Å²) in [5.41, 5.74) is 1.36. The van der Waals surface area contributed by atoms with Gasteiger partial charge in [-0.1, -0.05) is 25.5 Å². The maximum Gasteiger partial charge on any atom is 0.0615 e. The van der Waals surface area contributed by atoms with Crippen LogP contribution in [0.5, 0.6) is 0 Å². The Hall–Kier alpha value is -0.300. The first-order chi connectivity index (χ1) is 5.22. The molecule has 1 aliphatic heterocycles. The Labute approximate surface area is 69.4 Å². The summed E-state index contributed by atoms with van der Waals surface area (Å²) in [6, 6.07) is 0. The van der Waals surface area contributed by atoms with Gasteiger partial charge in [0.2, 0.25) is 0 Å². The molecule has 11 heavy (non-hydrogen) atoms. The average molecular weight is 154 g/mol. The average Bonchev–Trinajstić information content (AvgIpc) is 1.85. The molecule has 1 aliphatic rings. The van der Waals surface area contributed by atoms with Gasteiger partial charge in [0.25, 0.3) is 0 Å². The van der Waals surface area contributed by atoms with E-state index in [9.17, 15) is 0 Å². The highest BCUT2D eigenvalue weighted by atomic mass is 16.5. The van der Waals surface area contributed by atoms with E-state index in [0.717, 1.165) is 12.8 Å². The van der Waals surface area contributed by atoms with Crippen molar-refractivity contribution < 1.29 is 4.74 Å². The van der Waals surface area contributed by atoms with Crippen molar-refractivity contribution in [3.63, 3.8) is 0 Å². The molecular formula is C10H18O. The molecule has 0 aromatic carbocycles. The molecule has 0 amide bonds. The normalized spacial score (nSPS) is 32.4. The Balaban J connectivity index is 2.36. The summed E-state index contributed by atoms with van der Waals surface area (Å²) in [5, 5.41) is 0. The summed E-state index contributed by atoms with van der Waals surface area (Å²) in [6.07, 6.45) is 5.39. The first-order valence-electron chi connectivity index (χ1n) is 4.54. The van der Waals surface area contributed by atoms with E-state index >= 15 is 0 Å². The fourth-order valence-corrected chi connectivity index (χ4v) is 1.73. The molecule has 1 rings (SSSR count). The van der Waals surface area contributed by atoms with Crippen molar-refractivity contribution in [1.29, 1.82) is 0 Å². The zero-order valence-corrected chi connectivity index (χ0v) is 7.60. The molecule has 0 unspecified atom stereocenters. The van der Waals surface area contributed by atoms with Crippen molar-refractivity contribution in [3.8, 4) is 0 Å². The number of hydrogen-bond donors (Lipinski definition) is 0. The lowest BCUT2D eigenvalue weighted by Gasteiger charge is -2.29. The number of rotatable bonds is 2. The van der Waals surface area contributed by atoms with E-state index < -0.39 is 0 Å². The van der Waals surface area contributed by atoms with Crippen molar-refractivity contribution in [1.82, 2.24) is 0 Å². The third kappa shape index (κ3) is 2.66. The smallest absolute Gasteiger partial charge is 0.0615 e. The first kappa shape index (κ1) is 8.79. The number of ether oxygens (including phenoxy) is 1. The van der Waals surface area contributed by atoms with Crippen molar-refractivity contribution in [2.24, 2.45) is 0 Å². The fraction of sp³-hybridized carbons (Fsp3) is 0.800. The topological polar surface area (TPSA) is 9.23 Å². The minimum absolute atomic E-state index is 0.396. The van der Waals surface area contributed by atoms with Crippen LogP contribution in [0.4, 0.5) is 0 Å². The second-order valence-corrected chi connectivity index (χ2v) is 3.52. The third-order valence-electron chi connectivity index (χ3n) is 2.13. The quantitative estimate of drug-likeness (QED) is 0.556. The summed E-state index contributed by atoms with van der Waals surface area (Å²) < 4.78 is 5.74. The van der Waals surface area contributed by atoms with Crippen LogP contribution in [0.3, 0.4) is 0 Å². The highest BCUT2D eigenvalue weighted by Gasteiger charge is 2.20. The lowest BCUT2D eigenvalue weighted by Crippen LogP contribution is -2.26. The standard InChI is InChI=1S/C10H18O/c1-4-5-10-7-8(2)6-9(3)11-10/h9-10H,2,4-7H2,1,3H3/t9-,10+/m0/s1. The largest absolute Gasteiger partial charge is 0.375 e. The van der Waals surface area contributed by atoms with Gasteiger partial charge in [0.15, 0.2) is 0 Å². The minimum Gasteiger partial charge on any atom is -0.375 e. The highest BCUT2D eigenvalue weighted by molar-refractivity contribution is 5.01. The van der Waals surface area contributed by atoms with E-state index in [1.807, 2.05) is 0 Å². The second-order valence-electron chi connectivity index (χ2n) is 3.52. The summed E-state index contributed by atoms with van der Waals surface area (Å²) in [5.74, 6) is 0. The zero-order chi connectivity index (χ0) is 8.27. The van der Waals surface area contributed by atoms with E-state index in [0.29, 0.717) is 12.2 Å². The van der Waals surface area contributed by atoms with Gasteiger partial charge in [-0.2, -0.15) is 0 Å². The SMILES string of the molecule is C=C1C[C@@H](CCC)O[C@@H](C)C1. The van der Waals surface area contributed by atoms with Crippen molar-refractivity contribution in [3.05, 3.63) is 12.2 Å². The second kappa shape index (κ2) is 3.91. The lowest BCUT2D eigenvalue weighted by atomic mass is 9.98. The summed E-state index contributed by atoms with van der Waals surface area (Å²) >= 11 is 0. The molecule has 1 saturated heterocycles. The van der Waals surface area contributed by atoms with Gasteiger partial charge in [0.1, 0.15) is 0 Å². The number of hydrogen-bond acceptors (Lipinski definition) is 1. The van der Waals surface area contributed by atoms with E-state index in [1.54, 1.807) is 0 Å². The fourth-order valence-electron chi connectivity index (χ4n) is 1.73. The van der Waals surface area contributed by atoms with Crippen LogP contribution in [0.25, 0.3) is 0 Å². The van der Waals surface area contributed by atoms with Gasteiger partial charge in [-0.05, 0) is 26.2 Å². The van der Waals surface area contributed by atoms with Gasteiger partial charge in [-0.25, -0.2) is 0 Å². The van der Waals surface area contributed by atoms with Gasteiger partial charge in [-0.15, -0.1) is 0 Å². The van der Waals surface area contributed by atoms with Crippen molar-refractivity contribution in [2.45, 2.75) is 51.7 Å². The van der Waals surface area contributed by atoms with Crippen LogP contribution < -0.4 is 0 Å². The lowest BCUT2D eigenvalue weighted by molar-refractivity contribution is -0.0248. The molecule has 0 spiro atoms. The highest BCUT2D eigenvalue weighted by Crippen LogP contribution is 2.24. The molecule has 0 N–H and O–H groups in total. The molecule has 0 aliphatic carbocycles. The van der Waals surface area contributed by atoms with Gasteiger partial charge in [0, 0.05) is 0 Å². The Morgan fingerprint density at radius 2 is 2.27 bits per heavy atom. The maximum absolute atomic E-state index is 5.74. The molecule has 0 aromatic rings. The van der Waals surface area contributed by atoms with Crippen molar-refractivity contribution >= 4 is 0 Å². The Morgan fingerprint density at radius 1 is 1.55 bits per heavy atom. The van der Waals surface area contributed by atoms with Crippen LogP contribution in [0, 0.1) is 0 Å². The summed E-state index contributed by atoms with van der Waals surface area (Å²) in [7, 11) is 0. The van der Waals surface area contributed by atoms with E-state index in [2.05, 4.69) is 20.4 Å². The zero-order valence-electron chi connectivity index (χ0n) is 7.60. The summed E-state index contributed by atoms with van der Waals surface area (Å²) in [6.45, 7) is 8.35. The third-order valence-corrected chi connectivity index (χ3v) is 2.13.